The maximum absolute atomic E-state index is 12.1. The van der Waals surface area contributed by atoms with Crippen LogP contribution in [0, 0.1) is 0 Å². The molecule has 0 spiro atoms. The van der Waals surface area contributed by atoms with E-state index in [-0.39, 0.29) is 5.91 Å². The number of amides is 1. The van der Waals surface area contributed by atoms with Gasteiger partial charge in [-0.15, -0.1) is 0 Å². The highest BCUT2D eigenvalue weighted by Crippen LogP contribution is 2.12. The molecule has 1 amide bonds. The molecule has 0 saturated heterocycles. The molecule has 0 atom stereocenters. The first-order valence-corrected chi connectivity index (χ1v) is 9.21. The van der Waals surface area contributed by atoms with Crippen molar-refractivity contribution in [3.05, 3.63) is 64.7 Å². The third-order valence-corrected chi connectivity index (χ3v) is 3.90. The van der Waals surface area contributed by atoms with Crippen LogP contribution in [0.2, 0.25) is 5.02 Å². The van der Waals surface area contributed by atoms with Crippen molar-refractivity contribution in [2.24, 2.45) is 0 Å². The van der Waals surface area contributed by atoms with Gasteiger partial charge in [0, 0.05) is 22.8 Å². The minimum atomic E-state index is -3.37. The standard InChI is InChI=1S/C16H17ClN2O3S/c1-23(21,22)19-15-4-2-3-13(11-15)16(20)18-10-9-12-5-7-14(17)8-6-12/h2-8,11,19H,9-10H2,1H3,(H,18,20). The monoisotopic (exact) mass is 352 g/mol. The van der Waals surface area contributed by atoms with Crippen LogP contribution in [0.15, 0.2) is 48.5 Å². The summed E-state index contributed by atoms with van der Waals surface area (Å²) in [7, 11) is -3.37. The van der Waals surface area contributed by atoms with Crippen LogP contribution in [-0.2, 0) is 16.4 Å². The average molecular weight is 353 g/mol. The van der Waals surface area contributed by atoms with Gasteiger partial charge in [-0.1, -0.05) is 29.8 Å². The Morgan fingerprint density at radius 2 is 1.83 bits per heavy atom. The lowest BCUT2D eigenvalue weighted by Gasteiger charge is -2.08. The van der Waals surface area contributed by atoms with Gasteiger partial charge in [-0.25, -0.2) is 8.42 Å². The van der Waals surface area contributed by atoms with Crippen molar-refractivity contribution in [3.63, 3.8) is 0 Å². The smallest absolute Gasteiger partial charge is 0.251 e. The Kier molecular flexibility index (Phi) is 5.63. The third kappa shape index (κ3) is 5.92. The minimum absolute atomic E-state index is 0.254. The highest BCUT2D eigenvalue weighted by molar-refractivity contribution is 7.92. The predicted octanol–water partition coefficient (Wildman–Crippen LogP) is 2.68. The summed E-state index contributed by atoms with van der Waals surface area (Å²) in [4.78, 5) is 12.1. The van der Waals surface area contributed by atoms with Crippen molar-refractivity contribution in [2.45, 2.75) is 6.42 Å². The van der Waals surface area contributed by atoms with Crippen LogP contribution in [0.1, 0.15) is 15.9 Å². The van der Waals surface area contributed by atoms with Crippen LogP contribution in [0.4, 0.5) is 5.69 Å². The molecule has 7 heteroatoms. The van der Waals surface area contributed by atoms with Gasteiger partial charge in [0.25, 0.3) is 5.91 Å². The lowest BCUT2D eigenvalue weighted by molar-refractivity contribution is 0.0954. The Labute approximate surface area is 140 Å². The molecular weight excluding hydrogens is 336 g/mol. The summed E-state index contributed by atoms with van der Waals surface area (Å²) in [6, 6.07) is 13.8. The number of carbonyl (C=O) groups excluding carboxylic acids is 1. The predicted molar refractivity (Wildman–Crippen MR) is 92.4 cm³/mol. The van der Waals surface area contributed by atoms with E-state index < -0.39 is 10.0 Å². The summed E-state index contributed by atoms with van der Waals surface area (Å²) in [6.07, 6.45) is 1.75. The summed E-state index contributed by atoms with van der Waals surface area (Å²) in [5.74, 6) is -0.254. The molecule has 0 aliphatic rings. The van der Waals surface area contributed by atoms with Crippen molar-refractivity contribution >= 4 is 33.2 Å². The van der Waals surface area contributed by atoms with E-state index >= 15 is 0 Å². The summed E-state index contributed by atoms with van der Waals surface area (Å²) in [6.45, 7) is 0.476. The van der Waals surface area contributed by atoms with Gasteiger partial charge >= 0.3 is 0 Å². The number of anilines is 1. The van der Waals surface area contributed by atoms with Crippen LogP contribution >= 0.6 is 11.6 Å². The fraction of sp³-hybridized carbons (Fsp3) is 0.188. The van der Waals surface area contributed by atoms with Crippen LogP contribution in [0.5, 0.6) is 0 Å². The number of nitrogens with one attached hydrogen (secondary N) is 2. The molecule has 0 aliphatic carbocycles. The molecule has 0 aliphatic heterocycles. The molecule has 2 N–H and O–H groups in total. The van der Waals surface area contributed by atoms with Gasteiger partial charge in [-0.3, -0.25) is 9.52 Å². The molecule has 2 rings (SSSR count). The fourth-order valence-electron chi connectivity index (χ4n) is 2.01. The van der Waals surface area contributed by atoms with Gasteiger partial charge in [0.2, 0.25) is 10.0 Å². The van der Waals surface area contributed by atoms with Gasteiger partial charge < -0.3 is 5.32 Å². The first kappa shape index (κ1) is 17.3. The molecule has 0 heterocycles. The molecule has 0 saturated carbocycles. The van der Waals surface area contributed by atoms with Crippen LogP contribution in [0.3, 0.4) is 0 Å². The van der Waals surface area contributed by atoms with Crippen LogP contribution in [-0.4, -0.2) is 27.1 Å². The summed E-state index contributed by atoms with van der Waals surface area (Å²) in [5, 5.41) is 3.48. The molecule has 2 aromatic rings. The van der Waals surface area contributed by atoms with E-state index in [0.717, 1.165) is 11.8 Å². The molecule has 2 aromatic carbocycles. The molecule has 0 unspecified atom stereocenters. The van der Waals surface area contributed by atoms with E-state index in [0.29, 0.717) is 29.2 Å². The van der Waals surface area contributed by atoms with Crippen LogP contribution < -0.4 is 10.0 Å². The molecule has 122 valence electrons. The lowest BCUT2D eigenvalue weighted by Crippen LogP contribution is -2.25. The second kappa shape index (κ2) is 7.48. The maximum Gasteiger partial charge on any atom is 0.251 e. The van der Waals surface area contributed by atoms with E-state index in [4.69, 9.17) is 11.6 Å². The molecule has 23 heavy (non-hydrogen) atoms. The minimum Gasteiger partial charge on any atom is -0.352 e. The Balaban J connectivity index is 1.93. The average Bonchev–Trinajstić information content (AvgIpc) is 2.48. The highest BCUT2D eigenvalue weighted by atomic mass is 35.5. The molecule has 0 radical (unpaired) electrons. The quantitative estimate of drug-likeness (QED) is 0.839. The van der Waals surface area contributed by atoms with Gasteiger partial charge in [0.05, 0.1) is 6.26 Å². The van der Waals surface area contributed by atoms with Gasteiger partial charge in [0.1, 0.15) is 0 Å². The van der Waals surface area contributed by atoms with Gasteiger partial charge in [0.15, 0.2) is 0 Å². The number of sulfonamides is 1. The number of rotatable bonds is 6. The highest BCUT2D eigenvalue weighted by Gasteiger charge is 2.08. The number of carbonyl (C=O) groups is 1. The Bertz CT molecular complexity index is 789. The zero-order chi connectivity index (χ0) is 16.9. The summed E-state index contributed by atoms with van der Waals surface area (Å²) >= 11 is 5.82. The Morgan fingerprint density at radius 3 is 2.48 bits per heavy atom. The van der Waals surface area contributed by atoms with E-state index in [1.165, 1.54) is 6.07 Å². The number of benzene rings is 2. The number of halogens is 1. The van der Waals surface area contributed by atoms with Crippen molar-refractivity contribution in [1.82, 2.24) is 5.32 Å². The lowest BCUT2D eigenvalue weighted by atomic mass is 10.1. The fourth-order valence-corrected chi connectivity index (χ4v) is 2.69. The third-order valence-electron chi connectivity index (χ3n) is 3.04. The zero-order valence-corrected chi connectivity index (χ0v) is 14.1. The topological polar surface area (TPSA) is 75.3 Å². The Hall–Kier alpha value is -2.05. The normalized spacial score (nSPS) is 11.0. The van der Waals surface area contributed by atoms with E-state index in [2.05, 4.69) is 10.0 Å². The molecular formula is C16H17ClN2O3S. The van der Waals surface area contributed by atoms with Crippen molar-refractivity contribution in [3.8, 4) is 0 Å². The molecule has 5 nitrogen and oxygen atoms in total. The number of hydrogen-bond donors (Lipinski definition) is 2. The van der Waals surface area contributed by atoms with Gasteiger partial charge in [-0.2, -0.15) is 0 Å². The first-order chi connectivity index (χ1) is 10.8. The van der Waals surface area contributed by atoms with E-state index in [1.807, 2.05) is 12.1 Å². The van der Waals surface area contributed by atoms with Crippen molar-refractivity contribution < 1.29 is 13.2 Å². The van der Waals surface area contributed by atoms with Crippen molar-refractivity contribution in [2.75, 3.05) is 17.5 Å². The Morgan fingerprint density at radius 1 is 1.13 bits per heavy atom. The SMILES string of the molecule is CS(=O)(=O)Nc1cccc(C(=O)NCCc2ccc(Cl)cc2)c1. The van der Waals surface area contributed by atoms with E-state index in [1.54, 1.807) is 30.3 Å². The second-order valence-electron chi connectivity index (χ2n) is 5.09. The first-order valence-electron chi connectivity index (χ1n) is 6.94. The molecule has 0 bridgehead atoms. The zero-order valence-electron chi connectivity index (χ0n) is 12.5. The number of hydrogen-bond acceptors (Lipinski definition) is 3. The van der Waals surface area contributed by atoms with Crippen molar-refractivity contribution in [1.29, 1.82) is 0 Å². The largest absolute Gasteiger partial charge is 0.352 e. The van der Waals surface area contributed by atoms with E-state index in [9.17, 15) is 13.2 Å². The second-order valence-corrected chi connectivity index (χ2v) is 7.27. The maximum atomic E-state index is 12.1. The molecule has 0 fully saturated rings. The summed E-state index contributed by atoms with van der Waals surface area (Å²) < 4.78 is 24.8. The van der Waals surface area contributed by atoms with Gasteiger partial charge in [-0.05, 0) is 42.3 Å². The van der Waals surface area contributed by atoms with Crippen LogP contribution in [0.25, 0.3) is 0 Å². The molecule has 0 aromatic heterocycles. The summed E-state index contributed by atoms with van der Waals surface area (Å²) in [5.41, 5.74) is 1.83.